The second-order valence-corrected chi connectivity index (χ2v) is 8.04. The highest BCUT2D eigenvalue weighted by Crippen LogP contribution is 2.38. The molecule has 0 spiro atoms. The zero-order chi connectivity index (χ0) is 13.8. The van der Waals surface area contributed by atoms with Gasteiger partial charge in [0.05, 0.1) is 6.04 Å². The molecule has 1 atom stereocenters. The van der Waals surface area contributed by atoms with Crippen LogP contribution in [0.1, 0.15) is 60.4 Å². The summed E-state index contributed by atoms with van der Waals surface area (Å²) in [5.74, 6) is 2.53. The zero-order valence-corrected chi connectivity index (χ0v) is 14.0. The Morgan fingerprint density at radius 2 is 2.20 bits per heavy atom. The van der Waals surface area contributed by atoms with Gasteiger partial charge in [0.2, 0.25) is 0 Å². The first-order chi connectivity index (χ1) is 9.88. The van der Waals surface area contributed by atoms with E-state index in [1.807, 2.05) is 0 Å². The Hall–Kier alpha value is -0.250. The SMILES string of the molecule is CCNC(C1=CCCCCC1)c1cc2c(s1)CCSC2. The van der Waals surface area contributed by atoms with E-state index in [4.69, 9.17) is 0 Å². The summed E-state index contributed by atoms with van der Waals surface area (Å²) in [7, 11) is 0. The summed E-state index contributed by atoms with van der Waals surface area (Å²) in [6.07, 6.45) is 10.5. The molecule has 0 aromatic carbocycles. The van der Waals surface area contributed by atoms with Crippen molar-refractivity contribution < 1.29 is 0 Å². The molecule has 2 heterocycles. The van der Waals surface area contributed by atoms with Gasteiger partial charge in [0.1, 0.15) is 0 Å². The highest BCUT2D eigenvalue weighted by atomic mass is 32.2. The third kappa shape index (κ3) is 3.32. The van der Waals surface area contributed by atoms with Gasteiger partial charge in [-0.25, -0.2) is 0 Å². The molecule has 0 fully saturated rings. The van der Waals surface area contributed by atoms with Crippen LogP contribution in [0.2, 0.25) is 0 Å². The number of allylic oxidation sites excluding steroid dienone is 1. The molecular weight excluding hydrogens is 282 g/mol. The first kappa shape index (κ1) is 14.7. The predicted molar refractivity (Wildman–Crippen MR) is 91.8 cm³/mol. The second kappa shape index (κ2) is 7.15. The fourth-order valence-electron chi connectivity index (χ4n) is 3.23. The Balaban J connectivity index is 1.85. The molecule has 1 aromatic heterocycles. The van der Waals surface area contributed by atoms with Gasteiger partial charge in [0, 0.05) is 15.5 Å². The third-order valence-electron chi connectivity index (χ3n) is 4.29. The molecule has 0 amide bonds. The van der Waals surface area contributed by atoms with Crippen LogP contribution in [-0.4, -0.2) is 12.3 Å². The topological polar surface area (TPSA) is 12.0 Å². The minimum absolute atomic E-state index is 0.485. The minimum atomic E-state index is 0.485. The van der Waals surface area contributed by atoms with Crippen LogP contribution >= 0.6 is 23.1 Å². The Kier molecular flexibility index (Phi) is 5.24. The summed E-state index contributed by atoms with van der Waals surface area (Å²) in [4.78, 5) is 3.21. The van der Waals surface area contributed by atoms with Crippen LogP contribution in [0.15, 0.2) is 17.7 Å². The maximum Gasteiger partial charge on any atom is 0.0630 e. The van der Waals surface area contributed by atoms with E-state index in [1.54, 1.807) is 20.9 Å². The third-order valence-corrected chi connectivity index (χ3v) is 6.60. The van der Waals surface area contributed by atoms with Crippen LogP contribution in [-0.2, 0) is 12.2 Å². The maximum atomic E-state index is 3.74. The van der Waals surface area contributed by atoms with Gasteiger partial charge in [0.25, 0.3) is 0 Å². The number of rotatable bonds is 4. The standard InChI is InChI=1S/C17H25NS2/c1-2-18-17(13-7-5-3-4-6-8-13)16-11-14-12-19-10-9-15(14)20-16/h7,11,17-18H,2-6,8-10,12H2,1H3. The van der Waals surface area contributed by atoms with Crippen molar-refractivity contribution in [2.45, 2.75) is 57.2 Å². The largest absolute Gasteiger partial charge is 0.306 e. The second-order valence-electron chi connectivity index (χ2n) is 5.77. The van der Waals surface area contributed by atoms with E-state index < -0.39 is 0 Å². The van der Waals surface area contributed by atoms with E-state index in [-0.39, 0.29) is 0 Å². The number of fused-ring (bicyclic) bond motifs is 1. The van der Waals surface area contributed by atoms with Crippen molar-refractivity contribution in [3.8, 4) is 0 Å². The summed E-state index contributed by atoms with van der Waals surface area (Å²) in [5, 5.41) is 3.74. The van der Waals surface area contributed by atoms with Crippen LogP contribution in [0.4, 0.5) is 0 Å². The Bertz CT molecular complexity index is 452. The number of thioether (sulfide) groups is 1. The Labute approximate surface area is 131 Å². The lowest BCUT2D eigenvalue weighted by molar-refractivity contribution is 0.597. The summed E-state index contributed by atoms with van der Waals surface area (Å²) in [6, 6.07) is 2.98. The molecule has 110 valence electrons. The summed E-state index contributed by atoms with van der Waals surface area (Å²) < 4.78 is 0. The lowest BCUT2D eigenvalue weighted by Gasteiger charge is -2.20. The van der Waals surface area contributed by atoms with Gasteiger partial charge >= 0.3 is 0 Å². The van der Waals surface area contributed by atoms with Crippen molar-refractivity contribution in [2.75, 3.05) is 12.3 Å². The van der Waals surface area contributed by atoms with Gasteiger partial charge in [-0.05, 0) is 56.0 Å². The van der Waals surface area contributed by atoms with E-state index in [9.17, 15) is 0 Å². The van der Waals surface area contributed by atoms with Crippen LogP contribution in [0.25, 0.3) is 0 Å². The van der Waals surface area contributed by atoms with Crippen molar-refractivity contribution in [1.82, 2.24) is 5.32 Å². The molecule has 3 heteroatoms. The Morgan fingerprint density at radius 1 is 1.25 bits per heavy atom. The van der Waals surface area contributed by atoms with Gasteiger partial charge in [0.15, 0.2) is 0 Å². The number of thiophene rings is 1. The van der Waals surface area contributed by atoms with Crippen molar-refractivity contribution in [1.29, 1.82) is 0 Å². The lowest BCUT2D eigenvalue weighted by Crippen LogP contribution is -2.22. The fourth-order valence-corrected chi connectivity index (χ4v) is 5.73. The smallest absolute Gasteiger partial charge is 0.0630 e. The quantitative estimate of drug-likeness (QED) is 0.779. The number of hydrogen-bond donors (Lipinski definition) is 1. The molecule has 1 unspecified atom stereocenters. The number of aryl methyl sites for hydroxylation is 1. The first-order valence-corrected chi connectivity index (χ1v) is 9.97. The number of likely N-dealkylation sites (N-methyl/N-ethyl adjacent to an activating group) is 1. The molecule has 1 nitrogen and oxygen atoms in total. The van der Waals surface area contributed by atoms with Gasteiger partial charge < -0.3 is 5.32 Å². The van der Waals surface area contributed by atoms with Crippen molar-refractivity contribution in [3.05, 3.63) is 33.0 Å². The molecule has 0 bridgehead atoms. The molecule has 3 rings (SSSR count). The van der Waals surface area contributed by atoms with Crippen molar-refractivity contribution >= 4 is 23.1 Å². The zero-order valence-electron chi connectivity index (χ0n) is 12.4. The Morgan fingerprint density at radius 3 is 3.05 bits per heavy atom. The van der Waals surface area contributed by atoms with Gasteiger partial charge in [-0.2, -0.15) is 11.8 Å². The maximum absolute atomic E-state index is 3.74. The van der Waals surface area contributed by atoms with Crippen LogP contribution < -0.4 is 5.32 Å². The molecule has 2 aliphatic rings. The molecular formula is C17H25NS2. The van der Waals surface area contributed by atoms with E-state index >= 15 is 0 Å². The van der Waals surface area contributed by atoms with Gasteiger partial charge in [-0.3, -0.25) is 0 Å². The fraction of sp³-hybridized carbons (Fsp3) is 0.647. The molecule has 20 heavy (non-hydrogen) atoms. The van der Waals surface area contributed by atoms with Crippen LogP contribution in [0, 0.1) is 0 Å². The highest BCUT2D eigenvalue weighted by Gasteiger charge is 2.22. The number of nitrogens with one attached hydrogen (secondary N) is 1. The monoisotopic (exact) mass is 307 g/mol. The van der Waals surface area contributed by atoms with E-state index in [2.05, 4.69) is 47.5 Å². The average molecular weight is 308 g/mol. The van der Waals surface area contributed by atoms with Crippen molar-refractivity contribution in [3.63, 3.8) is 0 Å². The normalized spacial score (nSPS) is 20.9. The number of hydrogen-bond acceptors (Lipinski definition) is 3. The first-order valence-electron chi connectivity index (χ1n) is 8.00. The van der Waals surface area contributed by atoms with Crippen LogP contribution in [0.5, 0.6) is 0 Å². The summed E-state index contributed by atoms with van der Waals surface area (Å²) in [5.41, 5.74) is 3.26. The highest BCUT2D eigenvalue weighted by molar-refractivity contribution is 7.98. The van der Waals surface area contributed by atoms with Crippen LogP contribution in [0.3, 0.4) is 0 Å². The lowest BCUT2D eigenvalue weighted by atomic mass is 10.00. The van der Waals surface area contributed by atoms with Gasteiger partial charge in [-0.15, -0.1) is 11.3 Å². The molecule has 1 aromatic rings. The molecule has 0 saturated carbocycles. The minimum Gasteiger partial charge on any atom is -0.306 e. The molecule has 1 N–H and O–H groups in total. The summed E-state index contributed by atoms with van der Waals surface area (Å²) in [6.45, 7) is 3.28. The summed E-state index contributed by atoms with van der Waals surface area (Å²) >= 11 is 4.15. The molecule has 0 saturated heterocycles. The van der Waals surface area contributed by atoms with Crippen molar-refractivity contribution in [2.24, 2.45) is 0 Å². The molecule has 0 radical (unpaired) electrons. The van der Waals surface area contributed by atoms with E-state index in [0.29, 0.717) is 6.04 Å². The van der Waals surface area contributed by atoms with E-state index in [0.717, 1.165) is 6.54 Å². The van der Waals surface area contributed by atoms with E-state index in [1.165, 1.54) is 50.0 Å². The van der Waals surface area contributed by atoms with Gasteiger partial charge in [-0.1, -0.05) is 25.0 Å². The molecule has 1 aliphatic heterocycles. The molecule has 1 aliphatic carbocycles. The average Bonchev–Trinajstić information content (AvgIpc) is 2.71. The predicted octanol–water partition coefficient (Wildman–Crippen LogP) is 5.08.